The lowest BCUT2D eigenvalue weighted by atomic mass is 9.88. The summed E-state index contributed by atoms with van der Waals surface area (Å²) in [6.07, 6.45) is 3.57. The van der Waals surface area contributed by atoms with Crippen LogP contribution in [0.4, 0.5) is 0 Å². The fraction of sp³-hybridized carbons (Fsp3) is 0.571. The van der Waals surface area contributed by atoms with Crippen LogP contribution in [0.25, 0.3) is 11.1 Å². The van der Waals surface area contributed by atoms with Crippen molar-refractivity contribution in [2.45, 2.75) is 52.4 Å². The molecule has 0 spiro atoms. The van der Waals surface area contributed by atoms with Gasteiger partial charge in [0.2, 0.25) is 0 Å². The highest BCUT2D eigenvalue weighted by Crippen LogP contribution is 2.31. The molecule has 2 aromatic rings. The molecule has 3 nitrogen and oxygen atoms in total. The molecule has 0 aliphatic rings. The van der Waals surface area contributed by atoms with Gasteiger partial charge < -0.3 is 4.42 Å². The van der Waals surface area contributed by atoms with Crippen molar-refractivity contribution in [2.24, 2.45) is 0 Å². The van der Waals surface area contributed by atoms with Gasteiger partial charge in [-0.25, -0.2) is 9.97 Å². The van der Waals surface area contributed by atoms with E-state index >= 15 is 0 Å². The summed E-state index contributed by atoms with van der Waals surface area (Å²) in [5, 5.41) is 0. The maximum atomic E-state index is 5.52. The smallest absolute Gasteiger partial charge is 0.170 e. The van der Waals surface area contributed by atoms with Gasteiger partial charge in [0, 0.05) is 11.0 Å². The zero-order valence-electron chi connectivity index (χ0n) is 11.5. The summed E-state index contributed by atoms with van der Waals surface area (Å²) in [5.74, 6) is 0.858. The summed E-state index contributed by atoms with van der Waals surface area (Å²) in [6.45, 7) is 12.8. The lowest BCUT2D eigenvalue weighted by Crippen LogP contribution is -2.17. The molecule has 0 atom stereocenters. The van der Waals surface area contributed by atoms with Gasteiger partial charge in [-0.1, -0.05) is 41.5 Å². The van der Waals surface area contributed by atoms with Gasteiger partial charge in [0.15, 0.2) is 5.58 Å². The molecule has 0 aliphatic carbocycles. The van der Waals surface area contributed by atoms with Gasteiger partial charge in [-0.3, -0.25) is 0 Å². The standard InChI is InChI=1S/C14H20N2O/c1-13(2,3)9-8-17-10-7-15-12(14(4,5)6)16-11(9)10/h7-8H,1-6H3. The van der Waals surface area contributed by atoms with Crippen molar-refractivity contribution >= 4 is 11.1 Å². The van der Waals surface area contributed by atoms with Crippen molar-refractivity contribution in [3.8, 4) is 0 Å². The summed E-state index contributed by atoms with van der Waals surface area (Å²) < 4.78 is 5.52. The molecule has 0 aliphatic heterocycles. The van der Waals surface area contributed by atoms with E-state index < -0.39 is 0 Å². The molecule has 0 unspecified atom stereocenters. The summed E-state index contributed by atoms with van der Waals surface area (Å²) >= 11 is 0. The molecule has 92 valence electrons. The zero-order chi connectivity index (χ0) is 12.8. The predicted molar refractivity (Wildman–Crippen MR) is 69.2 cm³/mol. The average molecular weight is 232 g/mol. The summed E-state index contributed by atoms with van der Waals surface area (Å²) in [4.78, 5) is 9.04. The fourth-order valence-corrected chi connectivity index (χ4v) is 1.72. The highest BCUT2D eigenvalue weighted by molar-refractivity contribution is 5.76. The first-order valence-electron chi connectivity index (χ1n) is 5.95. The van der Waals surface area contributed by atoms with Gasteiger partial charge in [0.1, 0.15) is 11.3 Å². The van der Waals surface area contributed by atoms with Crippen LogP contribution in [0.5, 0.6) is 0 Å². The molecule has 0 bridgehead atoms. The quantitative estimate of drug-likeness (QED) is 0.693. The third-order valence-electron chi connectivity index (χ3n) is 2.79. The third-order valence-corrected chi connectivity index (χ3v) is 2.79. The minimum atomic E-state index is -0.0411. The lowest BCUT2D eigenvalue weighted by molar-refractivity contribution is 0.545. The van der Waals surface area contributed by atoms with Crippen LogP contribution in [-0.4, -0.2) is 9.97 Å². The van der Waals surface area contributed by atoms with Crippen molar-refractivity contribution in [1.29, 1.82) is 0 Å². The van der Waals surface area contributed by atoms with E-state index in [1.54, 1.807) is 12.5 Å². The highest BCUT2D eigenvalue weighted by Gasteiger charge is 2.24. The second-order valence-electron chi connectivity index (χ2n) is 6.56. The largest absolute Gasteiger partial charge is 0.461 e. The van der Waals surface area contributed by atoms with Gasteiger partial charge in [0.05, 0.1) is 12.5 Å². The Morgan fingerprint density at radius 3 is 2.18 bits per heavy atom. The second kappa shape index (κ2) is 3.56. The van der Waals surface area contributed by atoms with E-state index in [1.807, 2.05) is 0 Å². The Morgan fingerprint density at radius 1 is 1.00 bits per heavy atom. The monoisotopic (exact) mass is 232 g/mol. The molecular formula is C14H20N2O. The molecule has 3 heteroatoms. The first-order chi connectivity index (χ1) is 7.69. The third kappa shape index (κ3) is 2.19. The minimum absolute atomic E-state index is 0.0365. The number of hydrogen-bond acceptors (Lipinski definition) is 3. The number of furan rings is 1. The highest BCUT2D eigenvalue weighted by atomic mass is 16.3. The lowest BCUT2D eigenvalue weighted by Gasteiger charge is -2.18. The second-order valence-corrected chi connectivity index (χ2v) is 6.56. The van der Waals surface area contributed by atoms with Crippen LogP contribution in [0.15, 0.2) is 16.9 Å². The van der Waals surface area contributed by atoms with E-state index in [4.69, 9.17) is 4.42 Å². The van der Waals surface area contributed by atoms with E-state index in [0.717, 1.165) is 22.5 Å². The minimum Gasteiger partial charge on any atom is -0.461 e. The molecule has 0 radical (unpaired) electrons. The molecule has 0 saturated carbocycles. The summed E-state index contributed by atoms with van der Waals surface area (Å²) in [5.41, 5.74) is 2.84. The Bertz CT molecular complexity index is 541. The van der Waals surface area contributed by atoms with E-state index in [0.29, 0.717) is 0 Å². The maximum absolute atomic E-state index is 5.52. The van der Waals surface area contributed by atoms with Crippen LogP contribution in [0.2, 0.25) is 0 Å². The molecule has 2 heterocycles. The Kier molecular flexibility index (Phi) is 2.53. The Labute approximate surface area is 102 Å². The molecular weight excluding hydrogens is 212 g/mol. The van der Waals surface area contributed by atoms with E-state index in [-0.39, 0.29) is 10.8 Å². The zero-order valence-corrected chi connectivity index (χ0v) is 11.5. The molecule has 2 rings (SSSR count). The van der Waals surface area contributed by atoms with E-state index in [9.17, 15) is 0 Å². The summed E-state index contributed by atoms with van der Waals surface area (Å²) in [7, 11) is 0. The van der Waals surface area contributed by atoms with Crippen LogP contribution >= 0.6 is 0 Å². The molecule has 0 aromatic carbocycles. The summed E-state index contributed by atoms with van der Waals surface area (Å²) in [6, 6.07) is 0. The van der Waals surface area contributed by atoms with Crippen molar-refractivity contribution in [3.05, 3.63) is 23.8 Å². The number of aromatic nitrogens is 2. The van der Waals surface area contributed by atoms with Crippen molar-refractivity contribution in [1.82, 2.24) is 9.97 Å². The molecule has 2 aromatic heterocycles. The SMILES string of the molecule is CC(C)(C)c1ncc2occ(C(C)(C)C)c2n1. The van der Waals surface area contributed by atoms with Crippen LogP contribution in [0.1, 0.15) is 52.9 Å². The van der Waals surface area contributed by atoms with Gasteiger partial charge in [-0.15, -0.1) is 0 Å². The van der Waals surface area contributed by atoms with Crippen molar-refractivity contribution < 1.29 is 4.42 Å². The van der Waals surface area contributed by atoms with Crippen LogP contribution in [0.3, 0.4) is 0 Å². The normalized spacial score (nSPS) is 13.3. The number of fused-ring (bicyclic) bond motifs is 1. The fourth-order valence-electron chi connectivity index (χ4n) is 1.72. The first-order valence-corrected chi connectivity index (χ1v) is 5.95. The van der Waals surface area contributed by atoms with Crippen molar-refractivity contribution in [3.63, 3.8) is 0 Å². The van der Waals surface area contributed by atoms with E-state index in [2.05, 4.69) is 51.5 Å². The van der Waals surface area contributed by atoms with Gasteiger partial charge >= 0.3 is 0 Å². The van der Waals surface area contributed by atoms with Crippen molar-refractivity contribution in [2.75, 3.05) is 0 Å². The van der Waals surface area contributed by atoms with Crippen LogP contribution in [-0.2, 0) is 10.8 Å². The molecule has 0 N–H and O–H groups in total. The number of hydrogen-bond donors (Lipinski definition) is 0. The Balaban J connectivity index is 2.67. The van der Waals surface area contributed by atoms with Gasteiger partial charge in [-0.05, 0) is 5.41 Å². The molecule has 0 amide bonds. The predicted octanol–water partition coefficient (Wildman–Crippen LogP) is 3.82. The van der Waals surface area contributed by atoms with Gasteiger partial charge in [-0.2, -0.15) is 0 Å². The Hall–Kier alpha value is -1.38. The number of nitrogens with zero attached hydrogens (tertiary/aromatic N) is 2. The van der Waals surface area contributed by atoms with Gasteiger partial charge in [0.25, 0.3) is 0 Å². The van der Waals surface area contributed by atoms with Crippen LogP contribution < -0.4 is 0 Å². The maximum Gasteiger partial charge on any atom is 0.170 e. The molecule has 17 heavy (non-hydrogen) atoms. The van der Waals surface area contributed by atoms with Crippen LogP contribution in [0, 0.1) is 0 Å². The topological polar surface area (TPSA) is 38.9 Å². The Morgan fingerprint density at radius 2 is 1.65 bits per heavy atom. The van der Waals surface area contributed by atoms with E-state index in [1.165, 1.54) is 0 Å². The first kappa shape index (κ1) is 12.1. The average Bonchev–Trinajstić information content (AvgIpc) is 2.57. The molecule has 0 saturated heterocycles. The number of rotatable bonds is 0. The molecule has 0 fully saturated rings.